The number of esters is 1. The lowest BCUT2D eigenvalue weighted by molar-refractivity contribution is -0.137. The third-order valence-electron chi connectivity index (χ3n) is 5.51. The van der Waals surface area contributed by atoms with E-state index in [2.05, 4.69) is 10.2 Å². The van der Waals surface area contributed by atoms with Crippen molar-refractivity contribution in [2.24, 2.45) is 4.99 Å². The van der Waals surface area contributed by atoms with Crippen LogP contribution in [0.4, 0.5) is 22.7 Å². The summed E-state index contributed by atoms with van der Waals surface area (Å²) in [6.45, 7) is 3.44. The van der Waals surface area contributed by atoms with Gasteiger partial charge in [-0.25, -0.2) is 4.99 Å². The minimum atomic E-state index is -0.389. The summed E-state index contributed by atoms with van der Waals surface area (Å²) in [7, 11) is 0. The summed E-state index contributed by atoms with van der Waals surface area (Å²) in [5, 5.41) is 4.71. The third-order valence-corrected chi connectivity index (χ3v) is 6.01. The fourth-order valence-corrected chi connectivity index (χ4v) is 4.34. The third kappa shape index (κ3) is 4.45. The second-order valence-corrected chi connectivity index (χ2v) is 9.02. The van der Waals surface area contributed by atoms with E-state index in [1.165, 1.54) is 6.92 Å². The van der Waals surface area contributed by atoms with Crippen LogP contribution in [0.2, 0.25) is 10.0 Å². The van der Waals surface area contributed by atoms with Crippen molar-refractivity contribution in [3.63, 3.8) is 0 Å². The van der Waals surface area contributed by atoms with Crippen LogP contribution in [0.3, 0.4) is 0 Å². The highest BCUT2D eigenvalue weighted by molar-refractivity contribution is 6.31. The van der Waals surface area contributed by atoms with E-state index in [1.54, 1.807) is 0 Å². The molecule has 0 spiro atoms. The van der Waals surface area contributed by atoms with Crippen LogP contribution >= 0.6 is 23.2 Å². The molecule has 5 nitrogen and oxygen atoms in total. The predicted molar refractivity (Wildman–Crippen MR) is 138 cm³/mol. The molecule has 1 aliphatic carbocycles. The fourth-order valence-electron chi connectivity index (χ4n) is 4.09. The minimum absolute atomic E-state index is 0.389. The molecule has 0 saturated carbocycles. The number of aliphatic imine (C=N–C) groups is 1. The van der Waals surface area contributed by atoms with Gasteiger partial charge in [-0.3, -0.25) is 4.79 Å². The molecule has 5 rings (SSSR count). The number of nitrogens with one attached hydrogen (secondary N) is 1. The number of ether oxygens (including phenoxy) is 1. The van der Waals surface area contributed by atoms with Crippen LogP contribution in [0, 0.1) is 6.92 Å². The number of nitrogens with zero attached hydrogens (tertiary/aromatic N) is 2. The molecule has 170 valence electrons. The molecule has 7 heteroatoms. The van der Waals surface area contributed by atoms with Crippen molar-refractivity contribution < 1.29 is 9.53 Å². The lowest BCUT2D eigenvalue weighted by Gasteiger charge is -2.36. The summed E-state index contributed by atoms with van der Waals surface area (Å²) >= 11 is 12.2. The Morgan fingerprint density at radius 1 is 1.00 bits per heavy atom. The van der Waals surface area contributed by atoms with Gasteiger partial charge in [0.1, 0.15) is 11.5 Å². The zero-order chi connectivity index (χ0) is 23.8. The highest BCUT2D eigenvalue weighted by Gasteiger charge is 2.33. The van der Waals surface area contributed by atoms with Crippen molar-refractivity contribution in [1.82, 2.24) is 0 Å². The van der Waals surface area contributed by atoms with Gasteiger partial charge in [0.25, 0.3) is 0 Å². The zero-order valence-corrected chi connectivity index (χ0v) is 20.1. The molecule has 0 atom stereocenters. The molecule has 2 aliphatic rings. The average Bonchev–Trinajstić information content (AvgIpc) is 2.79. The lowest BCUT2D eigenvalue weighted by Crippen LogP contribution is -2.31. The van der Waals surface area contributed by atoms with E-state index in [4.69, 9.17) is 32.9 Å². The maximum atomic E-state index is 12.1. The number of carbonyl (C=O) groups excluding carboxylic acids is 1. The molecule has 0 radical (unpaired) electrons. The molecule has 0 bridgehead atoms. The topological polar surface area (TPSA) is 53.9 Å². The number of fused-ring (bicyclic) bond motifs is 2. The second-order valence-electron chi connectivity index (χ2n) is 8.14. The molecule has 1 N–H and O–H groups in total. The van der Waals surface area contributed by atoms with Crippen LogP contribution in [-0.2, 0) is 9.53 Å². The van der Waals surface area contributed by atoms with Crippen LogP contribution < -0.4 is 10.2 Å². The van der Waals surface area contributed by atoms with Crippen LogP contribution in [0.1, 0.15) is 18.9 Å². The summed E-state index contributed by atoms with van der Waals surface area (Å²) < 4.78 is 5.75. The van der Waals surface area contributed by atoms with Crippen molar-refractivity contribution in [2.45, 2.75) is 20.3 Å². The molecular formula is C27H21Cl2N3O2. The van der Waals surface area contributed by atoms with Crippen molar-refractivity contribution in [2.75, 3.05) is 10.2 Å². The molecule has 1 heterocycles. The van der Waals surface area contributed by atoms with E-state index in [0.29, 0.717) is 27.9 Å². The molecule has 0 aromatic heterocycles. The molecule has 0 amide bonds. The predicted octanol–water partition coefficient (Wildman–Crippen LogP) is 7.70. The molecule has 0 unspecified atom stereocenters. The molecule has 0 saturated heterocycles. The number of benzene rings is 3. The van der Waals surface area contributed by atoms with Gasteiger partial charge in [-0.1, -0.05) is 29.3 Å². The van der Waals surface area contributed by atoms with E-state index in [1.807, 2.05) is 79.7 Å². The summed E-state index contributed by atoms with van der Waals surface area (Å²) in [4.78, 5) is 19.1. The summed E-state index contributed by atoms with van der Waals surface area (Å²) in [5.74, 6) is 0.131. The molecule has 3 aromatic carbocycles. The van der Waals surface area contributed by atoms with Crippen molar-refractivity contribution in [1.29, 1.82) is 0 Å². The normalized spacial score (nSPS) is 14.6. The Labute approximate surface area is 208 Å². The van der Waals surface area contributed by atoms with E-state index < -0.39 is 0 Å². The van der Waals surface area contributed by atoms with Crippen LogP contribution in [0.15, 0.2) is 95.0 Å². The fraction of sp³-hybridized carbons (Fsp3) is 0.111. The van der Waals surface area contributed by atoms with Gasteiger partial charge in [-0.05, 0) is 79.2 Å². The summed E-state index contributed by atoms with van der Waals surface area (Å²) in [6.07, 6.45) is 2.38. The summed E-state index contributed by atoms with van der Waals surface area (Å²) in [5.41, 5.74) is 6.90. The maximum absolute atomic E-state index is 12.1. The number of aryl methyl sites for hydroxylation is 1. The first-order valence-corrected chi connectivity index (χ1v) is 11.5. The number of anilines is 3. The van der Waals surface area contributed by atoms with Gasteiger partial charge in [0.2, 0.25) is 0 Å². The van der Waals surface area contributed by atoms with Crippen molar-refractivity contribution in [3.8, 4) is 0 Å². The van der Waals surface area contributed by atoms with Crippen LogP contribution in [0.5, 0.6) is 0 Å². The number of halogens is 2. The monoisotopic (exact) mass is 489 g/mol. The number of rotatable bonds is 4. The van der Waals surface area contributed by atoms with E-state index in [9.17, 15) is 4.79 Å². The van der Waals surface area contributed by atoms with Gasteiger partial charge in [0.05, 0.1) is 17.1 Å². The first kappa shape index (κ1) is 22.3. The number of hydrogen-bond acceptors (Lipinski definition) is 5. The molecule has 1 aliphatic heterocycles. The van der Waals surface area contributed by atoms with Crippen molar-refractivity contribution >= 4 is 57.6 Å². The highest BCUT2D eigenvalue weighted by atomic mass is 35.5. The Morgan fingerprint density at radius 3 is 2.35 bits per heavy atom. The SMILES string of the molecule is CC(=O)OC1=C2C(=Nc3cc(C)ccc3N2c2ccc(Cl)cc2)C=C(Nc2ccc(Cl)cc2)C1. The first-order chi connectivity index (χ1) is 16.4. The van der Waals surface area contributed by atoms with Crippen molar-refractivity contribution in [3.05, 3.63) is 106 Å². The maximum Gasteiger partial charge on any atom is 0.307 e. The molecule has 3 aromatic rings. The number of hydrogen-bond donors (Lipinski definition) is 1. The lowest BCUT2D eigenvalue weighted by atomic mass is 9.98. The van der Waals surface area contributed by atoms with Crippen LogP contribution in [-0.4, -0.2) is 11.7 Å². The number of allylic oxidation sites excluding steroid dienone is 1. The zero-order valence-electron chi connectivity index (χ0n) is 18.6. The smallest absolute Gasteiger partial charge is 0.307 e. The second kappa shape index (κ2) is 9.01. The molecule has 34 heavy (non-hydrogen) atoms. The van der Waals surface area contributed by atoms with Gasteiger partial charge < -0.3 is 15.0 Å². The Kier molecular flexibility index (Phi) is 5.90. The van der Waals surface area contributed by atoms with Gasteiger partial charge >= 0.3 is 5.97 Å². The van der Waals surface area contributed by atoms with Crippen LogP contribution in [0.25, 0.3) is 0 Å². The van der Waals surface area contributed by atoms with Gasteiger partial charge in [-0.2, -0.15) is 0 Å². The first-order valence-electron chi connectivity index (χ1n) is 10.8. The number of carbonyl (C=O) groups is 1. The standard InChI is InChI=1S/C27H21Cl2N3O2/c1-16-3-12-25-23(13-16)31-24-14-21(30-20-8-4-18(28)5-9-20)15-26(34-17(2)33)27(24)32(25)22-10-6-19(29)7-11-22/h3-14,30H,15H2,1-2H3. The highest BCUT2D eigenvalue weighted by Crippen LogP contribution is 2.45. The average molecular weight is 490 g/mol. The Morgan fingerprint density at radius 2 is 1.68 bits per heavy atom. The van der Waals surface area contributed by atoms with E-state index >= 15 is 0 Å². The Hall–Kier alpha value is -3.54. The van der Waals surface area contributed by atoms with E-state index in [-0.39, 0.29) is 5.97 Å². The van der Waals surface area contributed by atoms with Gasteiger partial charge in [0, 0.05) is 40.5 Å². The van der Waals surface area contributed by atoms with Gasteiger partial charge in [0.15, 0.2) is 0 Å². The van der Waals surface area contributed by atoms with Gasteiger partial charge in [-0.15, -0.1) is 0 Å². The Bertz CT molecular complexity index is 1370. The summed E-state index contributed by atoms with van der Waals surface area (Å²) in [6, 6.07) is 21.1. The Balaban J connectivity index is 1.66. The molecule has 0 fully saturated rings. The largest absolute Gasteiger partial charge is 0.429 e. The molecular weight excluding hydrogens is 469 g/mol. The minimum Gasteiger partial charge on any atom is -0.429 e. The quantitative estimate of drug-likeness (QED) is 0.381. The van der Waals surface area contributed by atoms with E-state index in [0.717, 1.165) is 39.7 Å².